The largest absolute Gasteiger partial charge is 0.390 e. The molecule has 0 spiro atoms. The van der Waals surface area contributed by atoms with Gasteiger partial charge in [0.1, 0.15) is 0 Å². The lowest BCUT2D eigenvalue weighted by Crippen LogP contribution is -2.27. The van der Waals surface area contributed by atoms with E-state index in [0.29, 0.717) is 0 Å². The van der Waals surface area contributed by atoms with Crippen LogP contribution in [0, 0.1) is 35.5 Å². The topological polar surface area (TPSA) is 69.0 Å². The lowest BCUT2D eigenvalue weighted by atomic mass is 10.0. The van der Waals surface area contributed by atoms with E-state index in [-0.39, 0.29) is 6.54 Å². The molecule has 0 aliphatic heterocycles. The fraction of sp³-hybridized carbons (Fsp3) is 0.571. The predicted octanol–water partition coefficient (Wildman–Crippen LogP) is 2.64. The predicted molar refractivity (Wildman–Crippen MR) is 72.1 cm³/mol. The molecule has 0 bridgehead atoms. The first-order valence-electron chi connectivity index (χ1n) is 5.75. The normalized spacial score (nSPS) is 13.9. The van der Waals surface area contributed by atoms with Crippen molar-refractivity contribution in [3.63, 3.8) is 0 Å². The van der Waals surface area contributed by atoms with Gasteiger partial charge in [-0.1, -0.05) is 29.8 Å². The molecule has 18 heavy (non-hydrogen) atoms. The molecule has 0 unspecified atom stereocenters. The summed E-state index contributed by atoms with van der Waals surface area (Å²) >= 11 is 0. The molecule has 0 amide bonds. The van der Waals surface area contributed by atoms with Crippen LogP contribution in [0.25, 0.3) is 10.4 Å². The monoisotopic (exact) mass is 243 g/mol. The first-order chi connectivity index (χ1) is 8.68. The van der Waals surface area contributed by atoms with E-state index in [4.69, 9.17) is 5.53 Å². The van der Waals surface area contributed by atoms with Gasteiger partial charge in [0.05, 0.1) is 12.1 Å². The summed E-state index contributed by atoms with van der Waals surface area (Å²) in [7, 11) is 0. The molecule has 1 fully saturated rings. The Bertz CT molecular complexity index is 440. The summed E-state index contributed by atoms with van der Waals surface area (Å²) in [5, 5.41) is 12.9. The second-order valence-corrected chi connectivity index (χ2v) is 3.82. The van der Waals surface area contributed by atoms with Crippen LogP contribution in [-0.4, -0.2) is 17.3 Å². The standard InChI is InChI=1S/C8H6.C6H11N3O/c1-3-5-7-8-6-4-2;7-9-8-5-6(10)3-1-2-4-6/h1-2H3;10H,1-5H2. The second kappa shape index (κ2) is 10.1. The number of hydrogen-bond acceptors (Lipinski definition) is 2. The lowest BCUT2D eigenvalue weighted by molar-refractivity contribution is 0.0571. The molecule has 1 saturated carbocycles. The van der Waals surface area contributed by atoms with Gasteiger partial charge in [-0.25, -0.2) is 0 Å². The molecule has 0 saturated heterocycles. The van der Waals surface area contributed by atoms with Gasteiger partial charge in [-0.15, -0.1) is 0 Å². The van der Waals surface area contributed by atoms with Gasteiger partial charge < -0.3 is 5.11 Å². The van der Waals surface area contributed by atoms with Crippen LogP contribution in [0.5, 0.6) is 0 Å². The molecule has 4 nitrogen and oxygen atoms in total. The van der Waals surface area contributed by atoms with Crippen LogP contribution in [0.15, 0.2) is 5.11 Å². The Hall–Kier alpha value is -2.05. The summed E-state index contributed by atoms with van der Waals surface area (Å²) < 4.78 is 0. The van der Waals surface area contributed by atoms with Crippen LogP contribution < -0.4 is 0 Å². The Balaban J connectivity index is 0.000000331. The number of hydrogen-bond donors (Lipinski definition) is 1. The maximum Gasteiger partial charge on any atom is 0.0704 e. The SMILES string of the molecule is CC#CC#CC#CC.[N-]=[N+]=NCC1(O)CCCC1. The summed E-state index contributed by atoms with van der Waals surface area (Å²) in [5.41, 5.74) is 7.31. The van der Waals surface area contributed by atoms with E-state index in [1.807, 2.05) is 0 Å². The molecule has 1 rings (SSSR count). The zero-order valence-electron chi connectivity index (χ0n) is 10.8. The average Bonchev–Trinajstić information content (AvgIpc) is 2.81. The van der Waals surface area contributed by atoms with Gasteiger partial charge in [-0.3, -0.25) is 0 Å². The highest BCUT2D eigenvalue weighted by Gasteiger charge is 2.29. The molecular weight excluding hydrogens is 226 g/mol. The van der Waals surface area contributed by atoms with E-state index < -0.39 is 5.60 Å². The maximum absolute atomic E-state index is 9.56. The lowest BCUT2D eigenvalue weighted by Gasteiger charge is -2.17. The smallest absolute Gasteiger partial charge is 0.0704 e. The van der Waals surface area contributed by atoms with E-state index in [1.165, 1.54) is 0 Å². The zero-order chi connectivity index (χ0) is 13.7. The molecule has 1 aliphatic carbocycles. The Kier molecular flexibility index (Phi) is 8.97. The Morgan fingerprint density at radius 3 is 2.00 bits per heavy atom. The molecule has 1 N–H and O–H groups in total. The number of aliphatic hydroxyl groups is 1. The number of rotatable bonds is 2. The summed E-state index contributed by atoms with van der Waals surface area (Å²) in [6.45, 7) is 3.73. The first kappa shape index (κ1) is 16.0. The Morgan fingerprint density at radius 2 is 1.61 bits per heavy atom. The first-order valence-corrected chi connectivity index (χ1v) is 5.75. The van der Waals surface area contributed by atoms with Crippen molar-refractivity contribution in [1.29, 1.82) is 0 Å². The fourth-order valence-corrected chi connectivity index (χ4v) is 1.54. The third-order valence-corrected chi connectivity index (χ3v) is 2.40. The van der Waals surface area contributed by atoms with Gasteiger partial charge in [0.25, 0.3) is 0 Å². The number of azide groups is 1. The van der Waals surface area contributed by atoms with Crippen molar-refractivity contribution in [2.24, 2.45) is 5.11 Å². The molecule has 94 valence electrons. The Labute approximate surface area is 108 Å². The minimum Gasteiger partial charge on any atom is -0.390 e. The quantitative estimate of drug-likeness (QED) is 0.344. The summed E-state index contributed by atoms with van der Waals surface area (Å²) in [6, 6.07) is 0. The minimum atomic E-state index is -0.674. The molecule has 0 radical (unpaired) electrons. The van der Waals surface area contributed by atoms with E-state index in [9.17, 15) is 5.11 Å². The van der Waals surface area contributed by atoms with E-state index in [2.05, 4.69) is 45.5 Å². The molecule has 0 aromatic rings. The fourth-order valence-electron chi connectivity index (χ4n) is 1.54. The van der Waals surface area contributed by atoms with Crippen molar-refractivity contribution < 1.29 is 5.11 Å². The van der Waals surface area contributed by atoms with Crippen LogP contribution in [0.3, 0.4) is 0 Å². The third kappa shape index (κ3) is 8.14. The van der Waals surface area contributed by atoms with Gasteiger partial charge in [-0.05, 0) is 55.9 Å². The number of nitrogens with zero attached hydrogens (tertiary/aromatic N) is 3. The van der Waals surface area contributed by atoms with Crippen LogP contribution in [0.1, 0.15) is 39.5 Å². The highest BCUT2D eigenvalue weighted by atomic mass is 16.3. The summed E-state index contributed by atoms with van der Waals surface area (Å²) in [6.07, 6.45) is 3.67. The molecule has 4 heteroatoms. The van der Waals surface area contributed by atoms with Crippen LogP contribution in [-0.2, 0) is 0 Å². The molecule has 1 aliphatic rings. The van der Waals surface area contributed by atoms with Gasteiger partial charge in [-0.2, -0.15) is 0 Å². The van der Waals surface area contributed by atoms with Gasteiger partial charge in [0.15, 0.2) is 0 Å². The zero-order valence-corrected chi connectivity index (χ0v) is 10.8. The molecule has 0 heterocycles. The van der Waals surface area contributed by atoms with Gasteiger partial charge >= 0.3 is 0 Å². The van der Waals surface area contributed by atoms with Crippen molar-refractivity contribution in [3.8, 4) is 35.5 Å². The van der Waals surface area contributed by atoms with Gasteiger partial charge in [0, 0.05) is 4.91 Å². The van der Waals surface area contributed by atoms with E-state index in [1.54, 1.807) is 13.8 Å². The van der Waals surface area contributed by atoms with Crippen LogP contribution in [0.4, 0.5) is 0 Å². The third-order valence-electron chi connectivity index (χ3n) is 2.40. The van der Waals surface area contributed by atoms with E-state index in [0.717, 1.165) is 25.7 Å². The van der Waals surface area contributed by atoms with Crippen LogP contribution >= 0.6 is 0 Å². The highest BCUT2D eigenvalue weighted by molar-refractivity contribution is 5.34. The van der Waals surface area contributed by atoms with Gasteiger partial charge in [0.2, 0.25) is 0 Å². The van der Waals surface area contributed by atoms with E-state index >= 15 is 0 Å². The minimum absolute atomic E-state index is 0.240. The highest BCUT2D eigenvalue weighted by Crippen LogP contribution is 2.29. The van der Waals surface area contributed by atoms with Crippen LogP contribution in [0.2, 0.25) is 0 Å². The second-order valence-electron chi connectivity index (χ2n) is 3.82. The van der Waals surface area contributed by atoms with Crippen molar-refractivity contribution in [2.75, 3.05) is 6.54 Å². The van der Waals surface area contributed by atoms with Crippen molar-refractivity contribution in [2.45, 2.75) is 45.1 Å². The molecule has 0 atom stereocenters. The average molecular weight is 243 g/mol. The molecule has 0 aromatic carbocycles. The molecule has 0 aromatic heterocycles. The van der Waals surface area contributed by atoms with Crippen molar-refractivity contribution in [3.05, 3.63) is 10.4 Å². The Morgan fingerprint density at radius 1 is 1.11 bits per heavy atom. The maximum atomic E-state index is 9.56. The van der Waals surface area contributed by atoms with Crippen molar-refractivity contribution >= 4 is 0 Å². The summed E-state index contributed by atoms with van der Waals surface area (Å²) in [5.74, 6) is 15.5. The van der Waals surface area contributed by atoms with Crippen molar-refractivity contribution in [1.82, 2.24) is 0 Å². The molecular formula is C14H17N3O. The summed E-state index contributed by atoms with van der Waals surface area (Å²) in [4.78, 5) is 2.61.